The molecule has 0 aliphatic heterocycles. The highest BCUT2D eigenvalue weighted by Crippen LogP contribution is 2.40. The normalized spacial score (nSPS) is 13.1. The molecular formula is C23H15F7N2O5. The largest absolute Gasteiger partial charge is 0.573 e. The monoisotopic (exact) mass is 535 g/mol. The molecule has 7 nitrogen and oxygen atoms in total. The van der Waals surface area contributed by atoms with Crippen LogP contribution in [0.3, 0.4) is 0 Å². The van der Waals surface area contributed by atoms with Gasteiger partial charge in [-0.15, -0.1) is 13.2 Å². The molecule has 3 N–H and O–H groups in total. The highest BCUT2D eigenvalue weighted by Gasteiger charge is 2.37. The minimum Gasteiger partial charge on any atom is -0.493 e. The van der Waals surface area contributed by atoms with E-state index in [0.29, 0.717) is 24.3 Å². The molecule has 37 heavy (non-hydrogen) atoms. The molecule has 0 radical (unpaired) electrons. The van der Waals surface area contributed by atoms with Gasteiger partial charge in [-0.05, 0) is 48.5 Å². The molecule has 0 saturated heterocycles. The third-order valence-electron chi connectivity index (χ3n) is 4.54. The van der Waals surface area contributed by atoms with Crippen molar-refractivity contribution in [3.8, 4) is 23.0 Å². The molecule has 3 aromatic carbocycles. The Balaban J connectivity index is 2.08. The predicted molar refractivity (Wildman–Crippen MR) is 114 cm³/mol. The van der Waals surface area contributed by atoms with E-state index in [2.05, 4.69) is 14.8 Å². The number of hydrogen-bond acceptors (Lipinski definition) is 5. The van der Waals surface area contributed by atoms with Crippen LogP contribution in [0, 0.1) is 5.82 Å². The minimum atomic E-state index is -5.26. The van der Waals surface area contributed by atoms with Gasteiger partial charge in [-0.2, -0.15) is 13.2 Å². The van der Waals surface area contributed by atoms with Gasteiger partial charge < -0.3 is 25.3 Å². The van der Waals surface area contributed by atoms with Crippen LogP contribution >= 0.6 is 0 Å². The molecule has 0 aliphatic carbocycles. The third kappa shape index (κ3) is 6.59. The molecule has 3 aromatic rings. The van der Waals surface area contributed by atoms with Crippen molar-refractivity contribution in [2.45, 2.75) is 12.5 Å². The van der Waals surface area contributed by atoms with E-state index in [1.165, 1.54) is 12.1 Å². The van der Waals surface area contributed by atoms with Crippen molar-refractivity contribution in [2.24, 2.45) is 5.73 Å². The standard InChI is InChI=1S/C23H15F7N2O5/c1-35-17-10-13(37-23(28,29)30)6-8-15(17)36-16-9-7-14(22(25,26)27)19(24)18(16)21(34)32-12-4-2-11(3-5-12)20(31)33/h2-10H,1H3,(H2,31,33)(H,32,34)/i1D3. The predicted octanol–water partition coefficient (Wildman–Crippen LogP) is 5.90. The van der Waals surface area contributed by atoms with Crippen molar-refractivity contribution < 1.29 is 58.6 Å². The second-order valence-electron chi connectivity index (χ2n) is 7.05. The van der Waals surface area contributed by atoms with Gasteiger partial charge >= 0.3 is 12.5 Å². The van der Waals surface area contributed by atoms with Gasteiger partial charge in [0.2, 0.25) is 5.91 Å². The van der Waals surface area contributed by atoms with Crippen molar-refractivity contribution in [3.05, 3.63) is 77.1 Å². The van der Waals surface area contributed by atoms with Crippen LogP contribution < -0.4 is 25.3 Å². The molecule has 3 rings (SSSR count). The van der Waals surface area contributed by atoms with Gasteiger partial charge in [-0.1, -0.05) is 0 Å². The zero-order chi connectivity index (χ0) is 30.0. The highest BCUT2D eigenvalue weighted by atomic mass is 19.4. The van der Waals surface area contributed by atoms with Crippen molar-refractivity contribution in [1.82, 2.24) is 0 Å². The van der Waals surface area contributed by atoms with E-state index in [1.54, 1.807) is 0 Å². The van der Waals surface area contributed by atoms with E-state index in [4.69, 9.17) is 14.6 Å². The molecule has 0 saturated carbocycles. The fraction of sp³-hybridized carbons (Fsp3) is 0.130. The maximum absolute atomic E-state index is 15.1. The Morgan fingerprint density at radius 1 is 0.919 bits per heavy atom. The number of primary amides is 1. The van der Waals surface area contributed by atoms with E-state index < -0.39 is 71.3 Å². The van der Waals surface area contributed by atoms with Crippen LogP contribution in [0.15, 0.2) is 54.6 Å². The van der Waals surface area contributed by atoms with E-state index in [0.717, 1.165) is 12.1 Å². The number of alkyl halides is 6. The summed E-state index contributed by atoms with van der Waals surface area (Å²) >= 11 is 0. The van der Waals surface area contributed by atoms with Gasteiger partial charge in [0.1, 0.15) is 17.1 Å². The zero-order valence-electron chi connectivity index (χ0n) is 21.0. The number of benzene rings is 3. The Morgan fingerprint density at radius 3 is 2.14 bits per heavy atom. The highest BCUT2D eigenvalue weighted by molar-refractivity contribution is 6.07. The van der Waals surface area contributed by atoms with Gasteiger partial charge in [-0.3, -0.25) is 9.59 Å². The average Bonchev–Trinajstić information content (AvgIpc) is 2.78. The summed E-state index contributed by atoms with van der Waals surface area (Å²) in [5, 5.41) is 2.11. The Hall–Kier alpha value is -4.49. The van der Waals surface area contributed by atoms with Gasteiger partial charge in [-0.25, -0.2) is 4.39 Å². The molecule has 0 bridgehead atoms. The average molecular weight is 535 g/mol. The van der Waals surface area contributed by atoms with E-state index in [-0.39, 0.29) is 17.3 Å². The summed E-state index contributed by atoms with van der Waals surface area (Å²) in [4.78, 5) is 24.1. The maximum atomic E-state index is 15.1. The first-order chi connectivity index (χ1) is 18.3. The maximum Gasteiger partial charge on any atom is 0.573 e. The SMILES string of the molecule is [2H]C([2H])([2H])Oc1cc(OC(F)(F)F)ccc1Oc1ccc(C(F)(F)F)c(F)c1C(=O)Nc1ccc(C(N)=O)cc1. The van der Waals surface area contributed by atoms with E-state index in [1.807, 2.05) is 0 Å². The number of hydrogen-bond donors (Lipinski definition) is 2. The molecule has 0 heterocycles. The summed E-state index contributed by atoms with van der Waals surface area (Å²) < 4.78 is 128. The van der Waals surface area contributed by atoms with Crippen molar-refractivity contribution in [1.29, 1.82) is 0 Å². The number of nitrogens with one attached hydrogen (secondary N) is 1. The van der Waals surface area contributed by atoms with Crippen LogP contribution in [-0.4, -0.2) is 25.2 Å². The van der Waals surface area contributed by atoms with Gasteiger partial charge in [0, 0.05) is 17.3 Å². The topological polar surface area (TPSA) is 99.9 Å². The lowest BCUT2D eigenvalue weighted by atomic mass is 10.1. The molecular weight excluding hydrogens is 517 g/mol. The summed E-state index contributed by atoms with van der Waals surface area (Å²) in [6.45, 7) is 0. The van der Waals surface area contributed by atoms with Gasteiger partial charge in [0.15, 0.2) is 17.3 Å². The molecule has 196 valence electrons. The number of anilines is 1. The first kappa shape index (κ1) is 22.9. The summed E-state index contributed by atoms with van der Waals surface area (Å²) in [5.74, 6) is -7.83. The summed E-state index contributed by atoms with van der Waals surface area (Å²) in [6, 6.07) is 7.19. The molecule has 0 atom stereocenters. The number of carbonyl (C=O) groups is 2. The zero-order valence-corrected chi connectivity index (χ0v) is 18.0. The number of ether oxygens (including phenoxy) is 3. The molecule has 0 unspecified atom stereocenters. The van der Waals surface area contributed by atoms with E-state index >= 15 is 4.39 Å². The molecule has 14 heteroatoms. The minimum absolute atomic E-state index is 0.0204. The van der Waals surface area contributed by atoms with Gasteiger partial charge in [0.05, 0.1) is 16.7 Å². The Morgan fingerprint density at radius 2 is 1.57 bits per heavy atom. The quantitative estimate of drug-likeness (QED) is 0.368. The van der Waals surface area contributed by atoms with Crippen LogP contribution in [0.1, 0.15) is 30.4 Å². The molecule has 2 amide bonds. The summed E-state index contributed by atoms with van der Waals surface area (Å²) in [6.07, 6.45) is -10.4. The van der Waals surface area contributed by atoms with Gasteiger partial charge in [0.25, 0.3) is 5.91 Å². The molecule has 0 spiro atoms. The second-order valence-corrected chi connectivity index (χ2v) is 7.05. The summed E-state index contributed by atoms with van der Waals surface area (Å²) in [5.41, 5.74) is 1.87. The molecule has 0 aliphatic rings. The van der Waals surface area contributed by atoms with Crippen molar-refractivity contribution in [3.63, 3.8) is 0 Å². The van der Waals surface area contributed by atoms with Crippen LogP contribution in [0.25, 0.3) is 0 Å². The number of carbonyl (C=O) groups excluding carboxylic acids is 2. The Labute approximate surface area is 207 Å². The first-order valence-corrected chi connectivity index (χ1v) is 9.71. The molecule has 0 aromatic heterocycles. The van der Waals surface area contributed by atoms with E-state index in [9.17, 15) is 35.9 Å². The lowest BCUT2D eigenvalue weighted by Gasteiger charge is -2.18. The fourth-order valence-corrected chi connectivity index (χ4v) is 2.95. The third-order valence-corrected chi connectivity index (χ3v) is 4.54. The number of rotatable bonds is 7. The second kappa shape index (κ2) is 10.2. The number of methoxy groups -OCH3 is 1. The van der Waals surface area contributed by atoms with Crippen molar-refractivity contribution >= 4 is 17.5 Å². The number of amides is 2. The number of halogens is 7. The Bertz CT molecular complexity index is 1430. The first-order valence-electron chi connectivity index (χ1n) is 11.2. The lowest BCUT2D eigenvalue weighted by molar-refractivity contribution is -0.274. The lowest BCUT2D eigenvalue weighted by Crippen LogP contribution is -2.19. The van der Waals surface area contributed by atoms with Crippen LogP contribution in [0.2, 0.25) is 0 Å². The van der Waals surface area contributed by atoms with Crippen LogP contribution in [0.4, 0.5) is 36.4 Å². The Kier molecular flexibility index (Phi) is 6.35. The van der Waals surface area contributed by atoms with Crippen LogP contribution in [0.5, 0.6) is 23.0 Å². The van der Waals surface area contributed by atoms with Crippen molar-refractivity contribution in [2.75, 3.05) is 12.4 Å². The summed E-state index contributed by atoms with van der Waals surface area (Å²) in [7, 11) is -3.25. The smallest absolute Gasteiger partial charge is 0.493 e. The van der Waals surface area contributed by atoms with Crippen LogP contribution in [-0.2, 0) is 6.18 Å². The molecule has 0 fully saturated rings. The fourth-order valence-electron chi connectivity index (χ4n) is 2.95. The number of nitrogens with two attached hydrogens (primary N) is 1.